The lowest BCUT2D eigenvalue weighted by Crippen LogP contribution is -2.23. The van der Waals surface area contributed by atoms with Crippen LogP contribution in [0.5, 0.6) is 5.75 Å². The Morgan fingerprint density at radius 3 is 2.76 bits per heavy atom. The predicted molar refractivity (Wildman–Crippen MR) is 81.1 cm³/mol. The molecule has 0 radical (unpaired) electrons. The third kappa shape index (κ3) is 3.13. The first kappa shape index (κ1) is 13.4. The normalized spacial score (nSPS) is 12.3. The number of benzene rings is 2. The largest absolute Gasteiger partial charge is 0.486 e. The molecule has 5 heteroatoms. The van der Waals surface area contributed by atoms with E-state index in [0.717, 1.165) is 11.0 Å². The smallest absolute Gasteiger partial charge is 0.201 e. The maximum atomic E-state index is 13.5. The number of rotatable bonds is 5. The van der Waals surface area contributed by atoms with Crippen molar-refractivity contribution in [3.8, 4) is 5.75 Å². The van der Waals surface area contributed by atoms with Gasteiger partial charge in [0.25, 0.3) is 0 Å². The summed E-state index contributed by atoms with van der Waals surface area (Å²) in [5.74, 6) is 0.588. The van der Waals surface area contributed by atoms with Gasteiger partial charge in [-0.15, -0.1) is 0 Å². The molecule has 2 aromatic carbocycles. The highest BCUT2D eigenvalue weighted by molar-refractivity contribution is 5.77. The Labute approximate surface area is 122 Å². The number of para-hydroxylation sites is 3. The van der Waals surface area contributed by atoms with Crippen molar-refractivity contribution in [2.75, 3.05) is 11.9 Å². The van der Waals surface area contributed by atoms with Crippen molar-refractivity contribution >= 4 is 17.0 Å². The van der Waals surface area contributed by atoms with Crippen LogP contribution in [0.25, 0.3) is 11.0 Å². The first-order valence-electron chi connectivity index (χ1n) is 6.82. The Morgan fingerprint density at radius 1 is 1.19 bits per heavy atom. The summed E-state index contributed by atoms with van der Waals surface area (Å²) in [7, 11) is 0. The summed E-state index contributed by atoms with van der Waals surface area (Å²) in [5.41, 5.74) is 1.88. The van der Waals surface area contributed by atoms with Crippen molar-refractivity contribution in [3.05, 3.63) is 54.3 Å². The third-order valence-corrected chi connectivity index (χ3v) is 3.11. The Hall–Kier alpha value is -2.56. The van der Waals surface area contributed by atoms with Crippen LogP contribution in [-0.2, 0) is 0 Å². The number of aromatic amines is 1. The minimum absolute atomic E-state index is 0.185. The second-order valence-corrected chi connectivity index (χ2v) is 4.84. The Kier molecular flexibility index (Phi) is 3.73. The molecule has 0 aliphatic carbocycles. The van der Waals surface area contributed by atoms with Crippen LogP contribution in [-0.4, -0.2) is 22.6 Å². The summed E-state index contributed by atoms with van der Waals surface area (Å²) in [6.07, 6.45) is -0.185. The van der Waals surface area contributed by atoms with Crippen LogP contribution >= 0.6 is 0 Å². The molecule has 1 unspecified atom stereocenters. The molecular weight excluding hydrogens is 269 g/mol. The summed E-state index contributed by atoms with van der Waals surface area (Å²) in [6.45, 7) is 2.40. The SMILES string of the molecule is CC(CNc1nc2ccccc2[nH]1)Oc1ccccc1F. The Bertz CT molecular complexity index is 708. The van der Waals surface area contributed by atoms with E-state index in [9.17, 15) is 4.39 Å². The minimum Gasteiger partial charge on any atom is -0.486 e. The molecule has 0 spiro atoms. The molecule has 0 amide bonds. The van der Waals surface area contributed by atoms with Gasteiger partial charge >= 0.3 is 0 Å². The van der Waals surface area contributed by atoms with E-state index in [1.807, 2.05) is 31.2 Å². The highest BCUT2D eigenvalue weighted by Crippen LogP contribution is 2.17. The molecule has 0 aliphatic heterocycles. The van der Waals surface area contributed by atoms with Gasteiger partial charge in [0, 0.05) is 0 Å². The number of ether oxygens (including phenoxy) is 1. The molecular formula is C16H16FN3O. The quantitative estimate of drug-likeness (QED) is 0.753. The average molecular weight is 285 g/mol. The number of H-pyrrole nitrogens is 1. The number of anilines is 1. The highest BCUT2D eigenvalue weighted by atomic mass is 19.1. The van der Waals surface area contributed by atoms with Gasteiger partial charge in [0.15, 0.2) is 11.6 Å². The maximum Gasteiger partial charge on any atom is 0.201 e. The van der Waals surface area contributed by atoms with E-state index in [4.69, 9.17) is 4.74 Å². The zero-order chi connectivity index (χ0) is 14.7. The van der Waals surface area contributed by atoms with Gasteiger partial charge in [0.2, 0.25) is 5.95 Å². The Balaban J connectivity index is 1.60. The summed E-state index contributed by atoms with van der Waals surface area (Å²) in [4.78, 5) is 7.59. The fourth-order valence-electron chi connectivity index (χ4n) is 2.08. The second kappa shape index (κ2) is 5.83. The van der Waals surface area contributed by atoms with E-state index in [2.05, 4.69) is 15.3 Å². The number of fused-ring (bicyclic) bond motifs is 1. The lowest BCUT2D eigenvalue weighted by atomic mass is 10.3. The van der Waals surface area contributed by atoms with Gasteiger partial charge in [-0.05, 0) is 31.2 Å². The first-order chi connectivity index (χ1) is 10.2. The molecule has 21 heavy (non-hydrogen) atoms. The van der Waals surface area contributed by atoms with Gasteiger partial charge in [-0.3, -0.25) is 0 Å². The van der Waals surface area contributed by atoms with Gasteiger partial charge in [-0.2, -0.15) is 0 Å². The second-order valence-electron chi connectivity index (χ2n) is 4.84. The molecule has 108 valence electrons. The zero-order valence-corrected chi connectivity index (χ0v) is 11.6. The fraction of sp³-hybridized carbons (Fsp3) is 0.188. The topological polar surface area (TPSA) is 49.9 Å². The van der Waals surface area contributed by atoms with Crippen LogP contribution in [0.3, 0.4) is 0 Å². The number of halogens is 1. The molecule has 0 aliphatic rings. The van der Waals surface area contributed by atoms with E-state index in [1.165, 1.54) is 6.07 Å². The molecule has 1 heterocycles. The molecule has 0 saturated carbocycles. The van der Waals surface area contributed by atoms with Gasteiger partial charge in [-0.1, -0.05) is 24.3 Å². The molecule has 1 atom stereocenters. The van der Waals surface area contributed by atoms with Crippen LogP contribution in [0.1, 0.15) is 6.92 Å². The van der Waals surface area contributed by atoms with E-state index in [0.29, 0.717) is 12.5 Å². The van der Waals surface area contributed by atoms with Gasteiger partial charge in [0.05, 0.1) is 17.6 Å². The lowest BCUT2D eigenvalue weighted by molar-refractivity contribution is 0.224. The fourth-order valence-corrected chi connectivity index (χ4v) is 2.08. The van der Waals surface area contributed by atoms with E-state index in [-0.39, 0.29) is 17.7 Å². The van der Waals surface area contributed by atoms with Crippen molar-refractivity contribution in [3.63, 3.8) is 0 Å². The number of hydrogen-bond donors (Lipinski definition) is 2. The molecule has 4 nitrogen and oxygen atoms in total. The molecule has 0 fully saturated rings. The molecule has 1 aromatic heterocycles. The van der Waals surface area contributed by atoms with Crippen molar-refractivity contribution in [2.24, 2.45) is 0 Å². The molecule has 3 aromatic rings. The van der Waals surface area contributed by atoms with Crippen LogP contribution in [0.4, 0.5) is 10.3 Å². The standard InChI is InChI=1S/C16H16FN3O/c1-11(21-15-9-5-2-6-12(15)17)10-18-16-19-13-7-3-4-8-14(13)20-16/h2-9,11H,10H2,1H3,(H2,18,19,20). The number of nitrogens with one attached hydrogen (secondary N) is 2. The summed E-state index contributed by atoms with van der Waals surface area (Å²) in [6, 6.07) is 14.2. The summed E-state index contributed by atoms with van der Waals surface area (Å²) in [5, 5.41) is 3.16. The van der Waals surface area contributed by atoms with Crippen molar-refractivity contribution < 1.29 is 9.13 Å². The highest BCUT2D eigenvalue weighted by Gasteiger charge is 2.09. The minimum atomic E-state index is -0.354. The van der Waals surface area contributed by atoms with E-state index < -0.39 is 0 Å². The molecule has 0 bridgehead atoms. The van der Waals surface area contributed by atoms with Crippen LogP contribution < -0.4 is 10.1 Å². The van der Waals surface area contributed by atoms with Crippen LogP contribution in [0, 0.1) is 5.82 Å². The lowest BCUT2D eigenvalue weighted by Gasteiger charge is -2.15. The first-order valence-corrected chi connectivity index (χ1v) is 6.82. The number of imidazole rings is 1. The maximum absolute atomic E-state index is 13.5. The number of nitrogens with zero attached hydrogens (tertiary/aromatic N) is 1. The van der Waals surface area contributed by atoms with Gasteiger partial charge < -0.3 is 15.0 Å². The average Bonchev–Trinajstić information content (AvgIpc) is 2.90. The molecule has 0 saturated heterocycles. The van der Waals surface area contributed by atoms with Crippen molar-refractivity contribution in [2.45, 2.75) is 13.0 Å². The van der Waals surface area contributed by atoms with Crippen molar-refractivity contribution in [1.82, 2.24) is 9.97 Å². The molecule has 2 N–H and O–H groups in total. The summed E-state index contributed by atoms with van der Waals surface area (Å²) < 4.78 is 19.1. The van der Waals surface area contributed by atoms with Gasteiger partial charge in [-0.25, -0.2) is 9.37 Å². The monoisotopic (exact) mass is 285 g/mol. The number of aromatic nitrogens is 2. The number of hydrogen-bond acceptors (Lipinski definition) is 3. The van der Waals surface area contributed by atoms with Gasteiger partial charge in [0.1, 0.15) is 6.10 Å². The van der Waals surface area contributed by atoms with E-state index in [1.54, 1.807) is 18.2 Å². The van der Waals surface area contributed by atoms with Crippen LogP contribution in [0.2, 0.25) is 0 Å². The Morgan fingerprint density at radius 2 is 1.95 bits per heavy atom. The third-order valence-electron chi connectivity index (χ3n) is 3.11. The summed E-state index contributed by atoms with van der Waals surface area (Å²) >= 11 is 0. The predicted octanol–water partition coefficient (Wildman–Crippen LogP) is 3.58. The molecule has 3 rings (SSSR count). The zero-order valence-electron chi connectivity index (χ0n) is 11.6. The van der Waals surface area contributed by atoms with Crippen molar-refractivity contribution in [1.29, 1.82) is 0 Å². The van der Waals surface area contributed by atoms with Crippen LogP contribution in [0.15, 0.2) is 48.5 Å². The van der Waals surface area contributed by atoms with E-state index >= 15 is 0 Å².